The van der Waals surface area contributed by atoms with Crippen molar-refractivity contribution < 1.29 is 13.2 Å². The van der Waals surface area contributed by atoms with Crippen molar-refractivity contribution >= 4 is 21.5 Å². The van der Waals surface area contributed by atoms with Gasteiger partial charge in [0.15, 0.2) is 0 Å². The highest BCUT2D eigenvalue weighted by molar-refractivity contribution is 7.87. The smallest absolute Gasteiger partial charge is 0.280 e. The average Bonchev–Trinajstić information content (AvgIpc) is 3.00. The first kappa shape index (κ1) is 17.9. The molecule has 22 heavy (non-hydrogen) atoms. The Morgan fingerprint density at radius 2 is 2.09 bits per heavy atom. The summed E-state index contributed by atoms with van der Waals surface area (Å²) in [5.74, 6) is 0.420. The molecule has 1 aromatic rings. The van der Waals surface area contributed by atoms with Gasteiger partial charge < -0.3 is 4.74 Å². The summed E-state index contributed by atoms with van der Waals surface area (Å²) in [4.78, 5) is 1.07. The highest BCUT2D eigenvalue weighted by Gasteiger charge is 2.30. The summed E-state index contributed by atoms with van der Waals surface area (Å²) in [5.41, 5.74) is 0. The molecule has 7 heteroatoms. The van der Waals surface area contributed by atoms with Crippen LogP contribution < -0.4 is 4.72 Å². The average molecular weight is 347 g/mol. The first-order chi connectivity index (χ1) is 10.4. The molecule has 2 heterocycles. The van der Waals surface area contributed by atoms with E-state index in [4.69, 9.17) is 4.74 Å². The Morgan fingerprint density at radius 3 is 2.64 bits per heavy atom. The minimum Gasteiger partial charge on any atom is -0.381 e. The minimum absolute atomic E-state index is 0.0225. The zero-order valence-corrected chi connectivity index (χ0v) is 15.1. The summed E-state index contributed by atoms with van der Waals surface area (Å²) in [7, 11) is -1.83. The van der Waals surface area contributed by atoms with Gasteiger partial charge in [0.05, 0.1) is 6.04 Å². The third-order valence-electron chi connectivity index (χ3n) is 3.97. The maximum atomic E-state index is 12.7. The molecule has 0 bridgehead atoms. The SMILES string of the molecule is CC(C)C[C@H](NS(=O)(=O)N(C)C1CCOCC1)c1cccs1. The van der Waals surface area contributed by atoms with Gasteiger partial charge in [-0.3, -0.25) is 0 Å². The molecule has 0 unspecified atom stereocenters. The van der Waals surface area contributed by atoms with E-state index in [2.05, 4.69) is 18.6 Å². The third-order valence-corrected chi connectivity index (χ3v) is 6.59. The van der Waals surface area contributed by atoms with E-state index in [0.29, 0.717) is 19.1 Å². The molecule has 0 saturated carbocycles. The Kier molecular flexibility index (Phi) is 6.40. The van der Waals surface area contributed by atoms with E-state index in [9.17, 15) is 8.42 Å². The van der Waals surface area contributed by atoms with Crippen LogP contribution in [0.1, 0.15) is 44.0 Å². The van der Waals surface area contributed by atoms with E-state index in [1.807, 2.05) is 17.5 Å². The van der Waals surface area contributed by atoms with Crippen molar-refractivity contribution in [2.75, 3.05) is 20.3 Å². The lowest BCUT2D eigenvalue weighted by Gasteiger charge is -2.32. The largest absolute Gasteiger partial charge is 0.381 e. The van der Waals surface area contributed by atoms with Crippen LogP contribution in [0.3, 0.4) is 0 Å². The predicted octanol–water partition coefficient (Wildman–Crippen LogP) is 2.78. The minimum atomic E-state index is -3.50. The molecule has 1 aliphatic heterocycles. The molecule has 1 saturated heterocycles. The van der Waals surface area contributed by atoms with Crippen molar-refractivity contribution in [1.82, 2.24) is 9.03 Å². The topological polar surface area (TPSA) is 58.6 Å². The highest BCUT2D eigenvalue weighted by Crippen LogP contribution is 2.27. The van der Waals surface area contributed by atoms with Crippen molar-refractivity contribution in [3.8, 4) is 0 Å². The number of thiophene rings is 1. The van der Waals surface area contributed by atoms with Crippen LogP contribution in [0.4, 0.5) is 0 Å². The van der Waals surface area contributed by atoms with Crippen LogP contribution >= 0.6 is 11.3 Å². The number of rotatable bonds is 7. The third kappa shape index (κ3) is 4.76. The predicted molar refractivity (Wildman–Crippen MR) is 90.2 cm³/mol. The Balaban J connectivity index is 2.09. The van der Waals surface area contributed by atoms with Gasteiger partial charge in [-0.25, -0.2) is 0 Å². The first-order valence-electron chi connectivity index (χ1n) is 7.76. The number of hydrogen-bond donors (Lipinski definition) is 1. The summed E-state index contributed by atoms with van der Waals surface area (Å²) in [6.07, 6.45) is 2.30. The second-order valence-electron chi connectivity index (χ2n) is 6.18. The van der Waals surface area contributed by atoms with Crippen molar-refractivity contribution in [3.05, 3.63) is 22.4 Å². The van der Waals surface area contributed by atoms with Gasteiger partial charge >= 0.3 is 0 Å². The fraction of sp³-hybridized carbons (Fsp3) is 0.733. The van der Waals surface area contributed by atoms with E-state index in [-0.39, 0.29) is 12.1 Å². The summed E-state index contributed by atoms with van der Waals surface area (Å²) in [6.45, 7) is 5.48. The zero-order chi connectivity index (χ0) is 16.2. The second kappa shape index (κ2) is 7.88. The van der Waals surface area contributed by atoms with Gasteiger partial charge in [0.2, 0.25) is 0 Å². The molecule has 1 N–H and O–H groups in total. The van der Waals surface area contributed by atoms with Crippen molar-refractivity contribution in [2.45, 2.75) is 45.2 Å². The molecule has 0 amide bonds. The lowest BCUT2D eigenvalue weighted by Crippen LogP contribution is -2.47. The fourth-order valence-electron chi connectivity index (χ4n) is 2.69. The molecular formula is C15H26N2O3S2. The number of hydrogen-bond acceptors (Lipinski definition) is 4. The normalized spacial score (nSPS) is 19.0. The molecule has 1 aromatic heterocycles. The maximum absolute atomic E-state index is 12.7. The first-order valence-corrected chi connectivity index (χ1v) is 10.1. The molecule has 0 aromatic carbocycles. The van der Waals surface area contributed by atoms with Gasteiger partial charge in [0, 0.05) is 31.2 Å². The second-order valence-corrected chi connectivity index (χ2v) is 8.92. The van der Waals surface area contributed by atoms with E-state index in [1.165, 1.54) is 4.31 Å². The molecular weight excluding hydrogens is 320 g/mol. The number of nitrogens with zero attached hydrogens (tertiary/aromatic N) is 1. The van der Waals surface area contributed by atoms with Crippen LogP contribution in [0.5, 0.6) is 0 Å². The number of ether oxygens (including phenoxy) is 1. The van der Waals surface area contributed by atoms with Gasteiger partial charge in [-0.1, -0.05) is 19.9 Å². The summed E-state index contributed by atoms with van der Waals surface area (Å²) in [5, 5.41) is 1.99. The van der Waals surface area contributed by atoms with E-state index < -0.39 is 10.2 Å². The molecule has 1 fully saturated rings. The van der Waals surface area contributed by atoms with E-state index in [0.717, 1.165) is 24.1 Å². The van der Waals surface area contributed by atoms with Crippen LogP contribution in [0.25, 0.3) is 0 Å². The summed E-state index contributed by atoms with van der Waals surface area (Å²) in [6, 6.07) is 3.82. The van der Waals surface area contributed by atoms with Crippen molar-refractivity contribution in [3.63, 3.8) is 0 Å². The quantitative estimate of drug-likeness (QED) is 0.826. The van der Waals surface area contributed by atoms with Gasteiger partial charge in [-0.15, -0.1) is 11.3 Å². The van der Waals surface area contributed by atoms with Crippen LogP contribution in [0.15, 0.2) is 17.5 Å². The molecule has 2 rings (SSSR count). The summed E-state index contributed by atoms with van der Waals surface area (Å²) < 4.78 is 35.1. The van der Waals surface area contributed by atoms with E-state index >= 15 is 0 Å². The van der Waals surface area contributed by atoms with Gasteiger partial charge in [-0.2, -0.15) is 17.4 Å². The molecule has 1 aliphatic rings. The Morgan fingerprint density at radius 1 is 1.41 bits per heavy atom. The maximum Gasteiger partial charge on any atom is 0.280 e. The summed E-state index contributed by atoms with van der Waals surface area (Å²) >= 11 is 1.60. The standard InChI is InChI=1S/C15H26N2O3S2/c1-12(2)11-14(15-5-4-10-21-15)16-22(18,19)17(3)13-6-8-20-9-7-13/h4-5,10,12-14,16H,6-9,11H2,1-3H3/t14-/m0/s1. The van der Waals surface area contributed by atoms with Crippen LogP contribution in [-0.2, 0) is 14.9 Å². The zero-order valence-electron chi connectivity index (χ0n) is 13.5. The Hall–Kier alpha value is -0.470. The lowest BCUT2D eigenvalue weighted by atomic mass is 10.0. The van der Waals surface area contributed by atoms with Gasteiger partial charge in [0.1, 0.15) is 0 Å². The fourth-order valence-corrected chi connectivity index (χ4v) is 4.91. The molecule has 5 nitrogen and oxygen atoms in total. The van der Waals surface area contributed by atoms with Gasteiger partial charge in [-0.05, 0) is 36.6 Å². The van der Waals surface area contributed by atoms with Crippen LogP contribution in [0.2, 0.25) is 0 Å². The Labute approximate surface area is 137 Å². The van der Waals surface area contributed by atoms with E-state index in [1.54, 1.807) is 18.4 Å². The molecule has 0 aliphatic carbocycles. The Bertz CT molecular complexity index is 537. The molecule has 1 atom stereocenters. The highest BCUT2D eigenvalue weighted by atomic mass is 32.2. The molecule has 0 radical (unpaired) electrons. The lowest BCUT2D eigenvalue weighted by molar-refractivity contribution is 0.0628. The monoisotopic (exact) mass is 346 g/mol. The molecule has 0 spiro atoms. The van der Waals surface area contributed by atoms with Crippen LogP contribution in [0, 0.1) is 5.92 Å². The van der Waals surface area contributed by atoms with Crippen molar-refractivity contribution in [2.24, 2.45) is 5.92 Å². The molecule has 126 valence electrons. The number of nitrogens with one attached hydrogen (secondary N) is 1. The van der Waals surface area contributed by atoms with Crippen molar-refractivity contribution in [1.29, 1.82) is 0 Å². The van der Waals surface area contributed by atoms with Crippen LogP contribution in [-0.4, -0.2) is 39.0 Å². The van der Waals surface area contributed by atoms with Gasteiger partial charge in [0.25, 0.3) is 10.2 Å².